The van der Waals surface area contributed by atoms with Crippen molar-refractivity contribution in [2.75, 3.05) is 0 Å². The summed E-state index contributed by atoms with van der Waals surface area (Å²) in [7, 11) is 0. The molecule has 0 heterocycles. The van der Waals surface area contributed by atoms with Gasteiger partial charge in [0, 0.05) is 5.54 Å². The van der Waals surface area contributed by atoms with Crippen LogP contribution in [-0.2, 0) is 0 Å². The summed E-state index contributed by atoms with van der Waals surface area (Å²) in [6.07, 6.45) is 8.31. The molecule has 0 aliphatic carbocycles. The van der Waals surface area contributed by atoms with Crippen molar-refractivity contribution < 1.29 is 5.11 Å². The Morgan fingerprint density at radius 2 is 1.92 bits per heavy atom. The number of aliphatic hydroxyl groups excluding tert-OH is 1. The fraction of sp³-hybridized carbons (Fsp3) is 0.800. The van der Waals surface area contributed by atoms with Crippen molar-refractivity contribution in [1.29, 1.82) is 0 Å². The first kappa shape index (κ1) is 12.0. The van der Waals surface area contributed by atoms with E-state index in [9.17, 15) is 5.11 Å². The third-order valence-corrected chi connectivity index (χ3v) is 2.04. The van der Waals surface area contributed by atoms with E-state index in [1.807, 2.05) is 0 Å². The lowest BCUT2D eigenvalue weighted by Gasteiger charge is -2.03. The van der Waals surface area contributed by atoms with Gasteiger partial charge >= 0.3 is 0 Å². The van der Waals surface area contributed by atoms with Crippen LogP contribution in [0.15, 0.2) is 11.6 Å². The average molecular weight is 191 g/mol. The number of aliphatic hydroxyl groups is 1. The number of rotatable bonds is 7. The number of hydrogen-bond donors (Lipinski definition) is 1. The third-order valence-electron chi connectivity index (χ3n) is 1.90. The standard InChI is InChI=1S/C10H19ClO/c1-2-3-4-5-6-7-10(12)8-9-11/h8-10,12H,2-7H2,1H3/t10-/m0/s1. The van der Waals surface area contributed by atoms with Crippen molar-refractivity contribution in [2.24, 2.45) is 0 Å². The summed E-state index contributed by atoms with van der Waals surface area (Å²) in [5.41, 5.74) is 1.39. The van der Waals surface area contributed by atoms with Crippen molar-refractivity contribution in [1.82, 2.24) is 0 Å². The van der Waals surface area contributed by atoms with E-state index in [2.05, 4.69) is 6.92 Å². The zero-order valence-electron chi connectivity index (χ0n) is 7.80. The molecular formula is C10H19ClO. The normalized spacial score (nSPS) is 13.9. The Morgan fingerprint density at radius 3 is 2.50 bits per heavy atom. The minimum absolute atomic E-state index is 0.343. The molecule has 1 atom stereocenters. The first-order chi connectivity index (χ1) is 5.81. The van der Waals surface area contributed by atoms with Gasteiger partial charge in [-0.25, -0.2) is 0 Å². The monoisotopic (exact) mass is 190 g/mol. The molecule has 0 aliphatic rings. The first-order valence-corrected chi connectivity index (χ1v) is 5.19. The van der Waals surface area contributed by atoms with Crippen molar-refractivity contribution >= 4 is 11.6 Å². The van der Waals surface area contributed by atoms with Crippen molar-refractivity contribution in [3.05, 3.63) is 11.6 Å². The van der Waals surface area contributed by atoms with Gasteiger partial charge in [-0.15, -0.1) is 0 Å². The van der Waals surface area contributed by atoms with Crippen LogP contribution in [0.25, 0.3) is 0 Å². The molecule has 0 aliphatic heterocycles. The van der Waals surface area contributed by atoms with E-state index in [4.69, 9.17) is 11.6 Å². The summed E-state index contributed by atoms with van der Waals surface area (Å²) in [5.74, 6) is 0. The van der Waals surface area contributed by atoms with E-state index in [1.54, 1.807) is 6.08 Å². The fourth-order valence-electron chi connectivity index (χ4n) is 1.14. The lowest BCUT2D eigenvalue weighted by molar-refractivity contribution is 0.208. The van der Waals surface area contributed by atoms with E-state index in [-0.39, 0.29) is 6.10 Å². The van der Waals surface area contributed by atoms with Crippen LogP contribution in [0.1, 0.15) is 45.4 Å². The molecule has 0 rings (SSSR count). The van der Waals surface area contributed by atoms with Crippen LogP contribution in [0.2, 0.25) is 0 Å². The Morgan fingerprint density at radius 1 is 1.25 bits per heavy atom. The summed E-state index contributed by atoms with van der Waals surface area (Å²) >= 11 is 5.32. The second kappa shape index (κ2) is 9.08. The van der Waals surface area contributed by atoms with Gasteiger partial charge in [0.15, 0.2) is 0 Å². The second-order valence-electron chi connectivity index (χ2n) is 3.09. The topological polar surface area (TPSA) is 20.2 Å². The van der Waals surface area contributed by atoms with E-state index in [1.165, 1.54) is 31.2 Å². The summed E-state index contributed by atoms with van der Waals surface area (Å²) in [5, 5.41) is 9.23. The Labute approximate surface area is 80.4 Å². The van der Waals surface area contributed by atoms with Gasteiger partial charge in [0.05, 0.1) is 6.10 Å². The second-order valence-corrected chi connectivity index (χ2v) is 3.34. The smallest absolute Gasteiger partial charge is 0.0732 e. The van der Waals surface area contributed by atoms with Crippen LogP contribution in [0.4, 0.5) is 0 Å². The molecule has 2 heteroatoms. The molecule has 0 aromatic heterocycles. The molecule has 0 aromatic carbocycles. The highest BCUT2D eigenvalue weighted by molar-refractivity contribution is 6.25. The summed E-state index contributed by atoms with van der Waals surface area (Å²) in [6, 6.07) is 0. The summed E-state index contributed by atoms with van der Waals surface area (Å²) in [6.45, 7) is 2.20. The highest BCUT2D eigenvalue weighted by Crippen LogP contribution is 2.07. The van der Waals surface area contributed by atoms with Crippen molar-refractivity contribution in [2.45, 2.75) is 51.6 Å². The van der Waals surface area contributed by atoms with E-state index >= 15 is 0 Å². The lowest BCUT2D eigenvalue weighted by Crippen LogP contribution is -2.00. The Balaban J connectivity index is 3.08. The maximum Gasteiger partial charge on any atom is 0.0732 e. The highest BCUT2D eigenvalue weighted by atomic mass is 35.5. The van der Waals surface area contributed by atoms with E-state index in [0.29, 0.717) is 0 Å². The Kier molecular flexibility index (Phi) is 9.07. The van der Waals surface area contributed by atoms with Crippen LogP contribution in [0.5, 0.6) is 0 Å². The van der Waals surface area contributed by atoms with Gasteiger partial charge in [-0.1, -0.05) is 50.6 Å². The molecule has 0 saturated carbocycles. The predicted octanol–water partition coefficient (Wildman–Crippen LogP) is 3.46. The molecule has 0 bridgehead atoms. The minimum atomic E-state index is -0.343. The highest BCUT2D eigenvalue weighted by Gasteiger charge is 1.97. The summed E-state index contributed by atoms with van der Waals surface area (Å²) < 4.78 is 0. The van der Waals surface area contributed by atoms with Gasteiger partial charge in [-0.05, 0) is 12.5 Å². The zero-order chi connectivity index (χ0) is 9.23. The molecular weight excluding hydrogens is 172 g/mol. The maximum atomic E-state index is 9.23. The SMILES string of the molecule is CCCCCCC[C@H](O)C=CCl. The van der Waals surface area contributed by atoms with Crippen LogP contribution in [0, 0.1) is 0 Å². The number of halogens is 1. The number of unbranched alkanes of at least 4 members (excludes halogenated alkanes) is 4. The molecule has 0 aromatic rings. The average Bonchev–Trinajstić information content (AvgIpc) is 2.05. The maximum absolute atomic E-state index is 9.23. The van der Waals surface area contributed by atoms with Gasteiger partial charge in [-0.3, -0.25) is 0 Å². The largest absolute Gasteiger partial charge is 0.389 e. The lowest BCUT2D eigenvalue weighted by atomic mass is 10.1. The van der Waals surface area contributed by atoms with Gasteiger partial charge in [0.2, 0.25) is 0 Å². The predicted molar refractivity (Wildman–Crippen MR) is 54.4 cm³/mol. The van der Waals surface area contributed by atoms with Crippen molar-refractivity contribution in [3.63, 3.8) is 0 Å². The summed E-state index contributed by atoms with van der Waals surface area (Å²) in [4.78, 5) is 0. The van der Waals surface area contributed by atoms with Gasteiger partial charge in [-0.2, -0.15) is 0 Å². The van der Waals surface area contributed by atoms with Crippen LogP contribution >= 0.6 is 11.6 Å². The Bertz CT molecular complexity index is 112. The third kappa shape index (κ3) is 8.09. The molecule has 0 spiro atoms. The number of hydrogen-bond acceptors (Lipinski definition) is 1. The fourth-order valence-corrected chi connectivity index (χ4v) is 1.31. The van der Waals surface area contributed by atoms with Crippen LogP contribution < -0.4 is 0 Å². The molecule has 72 valence electrons. The van der Waals surface area contributed by atoms with Crippen LogP contribution in [-0.4, -0.2) is 11.2 Å². The molecule has 12 heavy (non-hydrogen) atoms. The molecule has 0 unspecified atom stereocenters. The van der Waals surface area contributed by atoms with E-state index < -0.39 is 0 Å². The minimum Gasteiger partial charge on any atom is -0.389 e. The van der Waals surface area contributed by atoms with E-state index in [0.717, 1.165) is 12.8 Å². The zero-order valence-corrected chi connectivity index (χ0v) is 8.56. The van der Waals surface area contributed by atoms with Gasteiger partial charge < -0.3 is 5.11 Å². The van der Waals surface area contributed by atoms with Crippen LogP contribution in [0.3, 0.4) is 0 Å². The molecule has 1 nitrogen and oxygen atoms in total. The molecule has 0 radical (unpaired) electrons. The molecule has 0 fully saturated rings. The molecule has 0 amide bonds. The molecule has 0 saturated heterocycles. The molecule has 1 N–H and O–H groups in total. The first-order valence-electron chi connectivity index (χ1n) is 4.76. The van der Waals surface area contributed by atoms with Gasteiger partial charge in [0.25, 0.3) is 0 Å². The Hall–Kier alpha value is -0.0100. The van der Waals surface area contributed by atoms with Crippen molar-refractivity contribution in [3.8, 4) is 0 Å². The quantitative estimate of drug-likeness (QED) is 0.610. The van der Waals surface area contributed by atoms with Gasteiger partial charge in [0.1, 0.15) is 0 Å².